The van der Waals surface area contributed by atoms with E-state index >= 15 is 0 Å². The lowest BCUT2D eigenvalue weighted by Crippen LogP contribution is -2.27. The summed E-state index contributed by atoms with van der Waals surface area (Å²) < 4.78 is 5.16. The zero-order valence-electron chi connectivity index (χ0n) is 9.72. The summed E-state index contributed by atoms with van der Waals surface area (Å²) in [5.74, 6) is 0.611. The molecule has 0 fully saturated rings. The fourth-order valence-corrected chi connectivity index (χ4v) is 2.27. The Bertz CT molecular complexity index is 281. The van der Waals surface area contributed by atoms with Crippen molar-refractivity contribution in [1.82, 2.24) is 5.32 Å². The van der Waals surface area contributed by atoms with Crippen LogP contribution in [0.5, 0.6) is 0 Å². The van der Waals surface area contributed by atoms with E-state index in [1.54, 1.807) is 6.26 Å². The molecule has 1 rings (SSSR count). The Morgan fingerprint density at radius 1 is 1.33 bits per heavy atom. The maximum absolute atomic E-state index is 6.02. The minimum Gasteiger partial charge on any atom is -0.453 e. The second-order valence-electron chi connectivity index (χ2n) is 3.76. The van der Waals surface area contributed by atoms with Gasteiger partial charge in [0, 0.05) is 11.6 Å². The first-order valence-corrected chi connectivity index (χ1v) is 6.08. The summed E-state index contributed by atoms with van der Waals surface area (Å²) in [6.07, 6.45) is 3.95. The molecule has 3 heteroatoms. The van der Waals surface area contributed by atoms with Gasteiger partial charge in [-0.05, 0) is 30.1 Å². The quantitative estimate of drug-likeness (QED) is 0.797. The van der Waals surface area contributed by atoms with Gasteiger partial charge < -0.3 is 9.73 Å². The first-order chi connectivity index (χ1) is 7.24. The molecule has 0 saturated heterocycles. The van der Waals surface area contributed by atoms with E-state index in [4.69, 9.17) is 16.0 Å². The van der Waals surface area contributed by atoms with Crippen LogP contribution in [0.3, 0.4) is 0 Å². The Morgan fingerprint density at radius 3 is 2.40 bits per heavy atom. The van der Waals surface area contributed by atoms with Crippen LogP contribution >= 0.6 is 11.6 Å². The highest BCUT2D eigenvalue weighted by atomic mass is 35.5. The predicted molar refractivity (Wildman–Crippen MR) is 64.2 cm³/mol. The van der Waals surface area contributed by atoms with Crippen LogP contribution in [-0.4, -0.2) is 6.54 Å². The van der Waals surface area contributed by atoms with E-state index in [-0.39, 0.29) is 0 Å². The minimum atomic E-state index is 0.316. The molecule has 0 aliphatic heterocycles. The maximum atomic E-state index is 6.02. The molecular weight excluding hydrogens is 210 g/mol. The van der Waals surface area contributed by atoms with E-state index in [0.717, 1.165) is 24.9 Å². The van der Waals surface area contributed by atoms with Crippen LogP contribution in [0, 0.1) is 5.92 Å². The van der Waals surface area contributed by atoms with Crippen LogP contribution in [0.25, 0.3) is 0 Å². The first-order valence-electron chi connectivity index (χ1n) is 5.70. The average Bonchev–Trinajstić information content (AvgIpc) is 2.65. The normalized spacial score (nSPS) is 13.4. The van der Waals surface area contributed by atoms with Gasteiger partial charge in [0.2, 0.25) is 0 Å². The van der Waals surface area contributed by atoms with Gasteiger partial charge >= 0.3 is 0 Å². The van der Waals surface area contributed by atoms with Gasteiger partial charge in [-0.25, -0.2) is 0 Å². The molecule has 1 aromatic heterocycles. The smallest absolute Gasteiger partial charge is 0.197 e. The summed E-state index contributed by atoms with van der Waals surface area (Å²) in [6.45, 7) is 7.49. The van der Waals surface area contributed by atoms with Crippen LogP contribution in [-0.2, 0) is 0 Å². The molecule has 1 unspecified atom stereocenters. The van der Waals surface area contributed by atoms with Crippen LogP contribution in [0.4, 0.5) is 0 Å². The van der Waals surface area contributed by atoms with Crippen molar-refractivity contribution in [2.75, 3.05) is 6.54 Å². The summed E-state index contributed by atoms with van der Waals surface area (Å²) in [5, 5.41) is 4.00. The first kappa shape index (κ1) is 12.6. The van der Waals surface area contributed by atoms with Gasteiger partial charge in [-0.15, -0.1) is 0 Å². The Kier molecular flexibility index (Phi) is 5.20. The lowest BCUT2D eigenvalue weighted by Gasteiger charge is -2.25. The standard InChI is InChI=1S/C12H20ClNO/c1-4-9(5-2)11(14-6-3)10-7-8-15-12(10)13/h7-9,11,14H,4-6H2,1-3H3. The third-order valence-corrected chi connectivity index (χ3v) is 3.23. The highest BCUT2D eigenvalue weighted by molar-refractivity contribution is 6.29. The number of rotatable bonds is 6. The van der Waals surface area contributed by atoms with Crippen LogP contribution < -0.4 is 5.32 Å². The zero-order chi connectivity index (χ0) is 11.3. The molecule has 86 valence electrons. The van der Waals surface area contributed by atoms with Gasteiger partial charge in [0.15, 0.2) is 5.22 Å². The second-order valence-corrected chi connectivity index (χ2v) is 4.10. The van der Waals surface area contributed by atoms with Crippen LogP contribution in [0.15, 0.2) is 16.7 Å². The van der Waals surface area contributed by atoms with E-state index in [0.29, 0.717) is 17.2 Å². The Hall–Kier alpha value is -0.470. The lowest BCUT2D eigenvalue weighted by atomic mass is 9.90. The lowest BCUT2D eigenvalue weighted by molar-refractivity contribution is 0.344. The summed E-state index contributed by atoms with van der Waals surface area (Å²) in [7, 11) is 0. The fourth-order valence-electron chi connectivity index (χ4n) is 2.04. The number of hydrogen-bond donors (Lipinski definition) is 1. The largest absolute Gasteiger partial charge is 0.453 e. The molecule has 0 saturated carbocycles. The minimum absolute atomic E-state index is 0.316. The van der Waals surface area contributed by atoms with Gasteiger partial charge in [-0.2, -0.15) is 0 Å². The average molecular weight is 230 g/mol. The predicted octanol–water partition coefficient (Wildman–Crippen LogP) is 4.02. The van der Waals surface area contributed by atoms with Gasteiger partial charge in [-0.3, -0.25) is 0 Å². The SMILES string of the molecule is CCNC(c1ccoc1Cl)C(CC)CC. The van der Waals surface area contributed by atoms with Crippen LogP contribution in [0.2, 0.25) is 5.22 Å². The third-order valence-electron chi connectivity index (χ3n) is 2.93. The van der Waals surface area contributed by atoms with E-state index in [9.17, 15) is 0 Å². The van der Waals surface area contributed by atoms with E-state index in [2.05, 4.69) is 26.1 Å². The Morgan fingerprint density at radius 2 is 2.00 bits per heavy atom. The molecule has 1 N–H and O–H groups in total. The zero-order valence-corrected chi connectivity index (χ0v) is 10.5. The topological polar surface area (TPSA) is 25.2 Å². The molecule has 2 nitrogen and oxygen atoms in total. The molecule has 0 aliphatic rings. The van der Waals surface area contributed by atoms with Gasteiger partial charge in [0.25, 0.3) is 0 Å². The Balaban J connectivity index is 2.86. The van der Waals surface area contributed by atoms with E-state index < -0.39 is 0 Å². The molecule has 1 atom stereocenters. The number of furan rings is 1. The molecule has 0 bridgehead atoms. The molecule has 0 spiro atoms. The summed E-state index contributed by atoms with van der Waals surface area (Å²) in [6, 6.07) is 2.28. The van der Waals surface area contributed by atoms with Crippen molar-refractivity contribution >= 4 is 11.6 Å². The fraction of sp³-hybridized carbons (Fsp3) is 0.667. The summed E-state index contributed by atoms with van der Waals surface area (Å²) in [5.41, 5.74) is 1.09. The molecule has 0 radical (unpaired) electrons. The number of hydrogen-bond acceptors (Lipinski definition) is 2. The molecule has 0 aliphatic carbocycles. The van der Waals surface area contributed by atoms with Crippen molar-refractivity contribution in [2.45, 2.75) is 39.7 Å². The molecule has 0 aromatic carbocycles. The molecule has 0 amide bonds. The molecule has 15 heavy (non-hydrogen) atoms. The number of halogens is 1. The highest BCUT2D eigenvalue weighted by Crippen LogP contribution is 2.32. The van der Waals surface area contributed by atoms with Crippen LogP contribution in [0.1, 0.15) is 45.2 Å². The van der Waals surface area contributed by atoms with Crippen molar-refractivity contribution in [2.24, 2.45) is 5.92 Å². The van der Waals surface area contributed by atoms with Crippen molar-refractivity contribution < 1.29 is 4.42 Å². The van der Waals surface area contributed by atoms with Crippen molar-refractivity contribution in [3.63, 3.8) is 0 Å². The van der Waals surface area contributed by atoms with E-state index in [1.165, 1.54) is 0 Å². The molecular formula is C12H20ClNO. The number of nitrogens with one attached hydrogen (secondary N) is 1. The summed E-state index contributed by atoms with van der Waals surface area (Å²) >= 11 is 6.02. The Labute approximate surface area is 97.0 Å². The van der Waals surface area contributed by atoms with Gasteiger partial charge in [0.05, 0.1) is 6.26 Å². The van der Waals surface area contributed by atoms with E-state index in [1.807, 2.05) is 6.07 Å². The second kappa shape index (κ2) is 6.19. The van der Waals surface area contributed by atoms with Gasteiger partial charge in [-0.1, -0.05) is 33.6 Å². The highest BCUT2D eigenvalue weighted by Gasteiger charge is 2.22. The monoisotopic (exact) mass is 229 g/mol. The van der Waals surface area contributed by atoms with Crippen molar-refractivity contribution in [3.05, 3.63) is 23.1 Å². The molecule has 1 aromatic rings. The maximum Gasteiger partial charge on any atom is 0.197 e. The third kappa shape index (κ3) is 2.99. The summed E-state index contributed by atoms with van der Waals surface area (Å²) in [4.78, 5) is 0. The van der Waals surface area contributed by atoms with Gasteiger partial charge in [0.1, 0.15) is 0 Å². The van der Waals surface area contributed by atoms with Crippen molar-refractivity contribution in [1.29, 1.82) is 0 Å². The van der Waals surface area contributed by atoms with Crippen molar-refractivity contribution in [3.8, 4) is 0 Å². The molecule has 1 heterocycles.